The largest absolute Gasteiger partial charge is 0.465 e. The zero-order valence-corrected chi connectivity index (χ0v) is 34.7. The summed E-state index contributed by atoms with van der Waals surface area (Å²) in [6.45, 7) is 11.5. The fourth-order valence-corrected chi connectivity index (χ4v) is 8.64. The molecule has 0 radical (unpaired) electrons. The average molecular weight is 803 g/mol. The Labute approximate surface area is 344 Å². The number of ether oxygens (including phenoxy) is 1. The van der Waals surface area contributed by atoms with Gasteiger partial charge in [-0.25, -0.2) is 19.6 Å². The van der Waals surface area contributed by atoms with Crippen LogP contribution in [0.2, 0.25) is 0 Å². The van der Waals surface area contributed by atoms with Gasteiger partial charge in [-0.15, -0.1) is 0 Å². The molecule has 59 heavy (non-hydrogen) atoms. The third-order valence-electron chi connectivity index (χ3n) is 11.9. The van der Waals surface area contributed by atoms with Crippen molar-refractivity contribution in [1.82, 2.24) is 40.4 Å². The van der Waals surface area contributed by atoms with Gasteiger partial charge < -0.3 is 40.2 Å². The number of fused-ring (bicyclic) bond motifs is 1. The van der Waals surface area contributed by atoms with Crippen LogP contribution in [-0.4, -0.2) is 90.1 Å². The van der Waals surface area contributed by atoms with Gasteiger partial charge in [-0.05, 0) is 85.4 Å². The van der Waals surface area contributed by atoms with E-state index >= 15 is 0 Å². The molecule has 2 aliphatic heterocycles. The monoisotopic (exact) mass is 802 g/mol. The minimum absolute atomic E-state index is 0.00328. The quantitative estimate of drug-likeness (QED) is 0.0888. The highest BCUT2D eigenvalue weighted by Crippen LogP contribution is 2.39. The Morgan fingerprint density at radius 2 is 1.10 bits per heavy atom. The Morgan fingerprint density at radius 1 is 0.661 bits per heavy atom. The van der Waals surface area contributed by atoms with Gasteiger partial charge in [0.15, 0.2) is 0 Å². The first kappa shape index (κ1) is 41.0. The number of alkyl carbamates (subject to hydrolysis) is 1. The molecular formula is C45H54N8O6. The van der Waals surface area contributed by atoms with Gasteiger partial charge in [0.2, 0.25) is 11.8 Å². The smallest absolute Gasteiger partial charge is 0.407 e. The molecule has 0 unspecified atom stereocenters. The molecule has 2 aromatic heterocycles. The predicted molar refractivity (Wildman–Crippen MR) is 225 cm³/mol. The van der Waals surface area contributed by atoms with Crippen LogP contribution in [0.3, 0.4) is 0 Å². The molecule has 4 amide bonds. The molecule has 0 spiro atoms. The van der Waals surface area contributed by atoms with E-state index in [0.717, 1.165) is 75.9 Å². The average Bonchev–Trinajstić information content (AvgIpc) is 4.05. The van der Waals surface area contributed by atoms with E-state index in [9.17, 15) is 24.3 Å². The molecule has 6 atom stereocenters. The van der Waals surface area contributed by atoms with E-state index in [1.807, 2.05) is 71.0 Å². The number of H-pyrrole nitrogens is 2. The molecule has 2 saturated heterocycles. The van der Waals surface area contributed by atoms with Crippen molar-refractivity contribution in [3.63, 3.8) is 0 Å². The normalized spacial score (nSPS) is 20.3. The van der Waals surface area contributed by atoms with Gasteiger partial charge in [0.25, 0.3) is 0 Å². The highest BCUT2D eigenvalue weighted by Gasteiger charge is 2.42. The third kappa shape index (κ3) is 8.39. The topological polar surface area (TPSA) is 186 Å². The van der Waals surface area contributed by atoms with Gasteiger partial charge in [-0.2, -0.15) is 0 Å². The zero-order chi connectivity index (χ0) is 42.1. The van der Waals surface area contributed by atoms with Crippen molar-refractivity contribution in [2.75, 3.05) is 7.11 Å². The highest BCUT2D eigenvalue weighted by atomic mass is 16.5. The number of amides is 4. The summed E-state index contributed by atoms with van der Waals surface area (Å²) in [6.07, 6.45) is 5.04. The van der Waals surface area contributed by atoms with E-state index < -0.39 is 24.3 Å². The maximum atomic E-state index is 13.8. The van der Waals surface area contributed by atoms with Gasteiger partial charge in [-0.1, -0.05) is 76.2 Å². The van der Waals surface area contributed by atoms with Crippen LogP contribution in [0.25, 0.3) is 44.4 Å². The van der Waals surface area contributed by atoms with Gasteiger partial charge in [0.1, 0.15) is 23.7 Å². The summed E-state index contributed by atoms with van der Waals surface area (Å²) in [5, 5.41) is 16.7. The molecule has 2 fully saturated rings. The number of benzene rings is 3. The van der Waals surface area contributed by atoms with Crippen molar-refractivity contribution in [1.29, 1.82) is 0 Å². The second-order valence-corrected chi connectivity index (χ2v) is 16.6. The zero-order valence-electron chi connectivity index (χ0n) is 34.7. The number of carbonyl (C=O) groups excluding carboxylic acids is 3. The van der Waals surface area contributed by atoms with Crippen LogP contribution >= 0.6 is 0 Å². The standard InChI is InChI=1S/C45H54N8O6/c1-24(2)38(50-44(56)57)42(54)52-26(5)8-18-36(52)40-46-22-34(48-40)29-12-10-28(11-13-29)30-14-15-32-21-33(17-16-31(32)20-30)35-23-47-41(49-35)37-19-9-27(6)53(37)43(55)39(25(3)4)51-45(58)59-7/h10-17,20-27,36-39,50H,8-9,18-19H2,1-7H3,(H,46,48)(H,47,49)(H,51,58)(H,56,57)/t26-,27-,36-,37-,38-,39-/m0/s1. The van der Waals surface area contributed by atoms with Gasteiger partial charge in [0.05, 0.1) is 30.6 Å². The molecule has 310 valence electrons. The Bertz CT molecular complexity index is 2330. The Balaban J connectivity index is 1.04. The summed E-state index contributed by atoms with van der Waals surface area (Å²) >= 11 is 0. The molecule has 5 N–H and O–H groups in total. The number of aromatic nitrogens is 4. The molecule has 3 aromatic carbocycles. The summed E-state index contributed by atoms with van der Waals surface area (Å²) in [5.74, 6) is 0.717. The number of nitrogens with one attached hydrogen (secondary N) is 4. The van der Waals surface area contributed by atoms with Crippen LogP contribution in [-0.2, 0) is 14.3 Å². The summed E-state index contributed by atoms with van der Waals surface area (Å²) in [4.78, 5) is 71.1. The summed E-state index contributed by atoms with van der Waals surface area (Å²) in [6, 6.07) is 18.8. The molecule has 5 aromatic rings. The van der Waals surface area contributed by atoms with Crippen molar-refractivity contribution >= 4 is 34.8 Å². The SMILES string of the molecule is COC(=O)N[C@H](C(=O)N1[C@@H](C)CC[C@H]1c1nc(-c2ccc3cc(-c4ccc(-c5c[nH]c([C@@H]6CC[C@H](C)N6C(=O)[C@@H](NC(=O)O)C(C)C)n5)cc4)ccc3c2)c[nH]1)C(C)C. The van der Waals surface area contributed by atoms with Crippen molar-refractivity contribution in [3.8, 4) is 33.6 Å². The maximum Gasteiger partial charge on any atom is 0.407 e. The molecule has 0 saturated carbocycles. The Kier molecular flexibility index (Phi) is 11.8. The number of carboxylic acid groups (broad SMARTS) is 1. The molecule has 7 rings (SSSR count). The van der Waals surface area contributed by atoms with Crippen LogP contribution in [0.1, 0.15) is 91.0 Å². The molecule has 14 nitrogen and oxygen atoms in total. The van der Waals surface area contributed by atoms with Gasteiger partial charge in [0, 0.05) is 35.6 Å². The lowest BCUT2D eigenvalue weighted by atomic mass is 9.98. The number of rotatable bonds is 11. The summed E-state index contributed by atoms with van der Waals surface area (Å²) in [7, 11) is 1.29. The minimum atomic E-state index is -1.21. The number of methoxy groups -OCH3 is 1. The summed E-state index contributed by atoms with van der Waals surface area (Å²) in [5.41, 5.74) is 5.60. The van der Waals surface area contributed by atoms with Crippen molar-refractivity contribution in [2.45, 2.75) is 103 Å². The van der Waals surface area contributed by atoms with E-state index in [0.29, 0.717) is 5.82 Å². The second-order valence-electron chi connectivity index (χ2n) is 16.6. The fraction of sp³-hybridized carbons (Fsp3) is 0.422. The van der Waals surface area contributed by atoms with Crippen LogP contribution in [0.15, 0.2) is 73.1 Å². The molecule has 14 heteroatoms. The van der Waals surface area contributed by atoms with Crippen molar-refractivity contribution in [2.24, 2.45) is 11.8 Å². The molecule has 0 bridgehead atoms. The van der Waals surface area contributed by atoms with Crippen LogP contribution in [0.4, 0.5) is 9.59 Å². The highest BCUT2D eigenvalue weighted by molar-refractivity contribution is 5.91. The Hall–Kier alpha value is -6.18. The first-order valence-corrected chi connectivity index (χ1v) is 20.5. The van der Waals surface area contributed by atoms with E-state index in [-0.39, 0.29) is 47.8 Å². The summed E-state index contributed by atoms with van der Waals surface area (Å²) < 4.78 is 4.79. The molecule has 4 heterocycles. The van der Waals surface area contributed by atoms with Crippen molar-refractivity contribution in [3.05, 3.63) is 84.7 Å². The maximum absolute atomic E-state index is 13.8. The first-order chi connectivity index (χ1) is 28.2. The number of hydrogen-bond acceptors (Lipinski definition) is 7. The number of aromatic amines is 2. The number of nitrogens with zero attached hydrogens (tertiary/aromatic N) is 4. The van der Waals surface area contributed by atoms with E-state index in [2.05, 4.69) is 69.1 Å². The van der Waals surface area contributed by atoms with E-state index in [4.69, 9.17) is 14.7 Å². The van der Waals surface area contributed by atoms with Gasteiger partial charge >= 0.3 is 12.2 Å². The fourth-order valence-electron chi connectivity index (χ4n) is 8.64. The lowest BCUT2D eigenvalue weighted by molar-refractivity contribution is -0.138. The third-order valence-corrected chi connectivity index (χ3v) is 11.9. The first-order valence-electron chi connectivity index (χ1n) is 20.5. The lowest BCUT2D eigenvalue weighted by Crippen LogP contribution is -2.52. The van der Waals surface area contributed by atoms with E-state index in [1.165, 1.54) is 7.11 Å². The lowest BCUT2D eigenvalue weighted by Gasteiger charge is -2.32. The predicted octanol–water partition coefficient (Wildman–Crippen LogP) is 8.06. The molecular weight excluding hydrogens is 749 g/mol. The van der Waals surface area contributed by atoms with Crippen LogP contribution < -0.4 is 10.6 Å². The van der Waals surface area contributed by atoms with Crippen molar-refractivity contribution < 1.29 is 29.0 Å². The minimum Gasteiger partial charge on any atom is -0.465 e. The van der Waals surface area contributed by atoms with Crippen LogP contribution in [0.5, 0.6) is 0 Å². The molecule has 2 aliphatic rings. The van der Waals surface area contributed by atoms with Gasteiger partial charge in [-0.3, -0.25) is 9.59 Å². The number of imidazole rings is 2. The number of hydrogen-bond donors (Lipinski definition) is 5. The number of likely N-dealkylation sites (tertiary alicyclic amines) is 2. The second kappa shape index (κ2) is 17.0. The van der Waals surface area contributed by atoms with Crippen LogP contribution in [0, 0.1) is 11.8 Å². The molecule has 0 aliphatic carbocycles. The van der Waals surface area contributed by atoms with E-state index in [1.54, 1.807) is 4.90 Å². The Morgan fingerprint density at radius 3 is 1.59 bits per heavy atom. The number of carbonyl (C=O) groups is 4.